The van der Waals surface area contributed by atoms with Gasteiger partial charge in [-0.05, 0) is 44.0 Å². The number of esters is 1. The normalized spacial score (nSPS) is 15.1. The van der Waals surface area contributed by atoms with Crippen LogP contribution >= 0.6 is 11.6 Å². The predicted octanol–water partition coefficient (Wildman–Crippen LogP) is 4.61. The fourth-order valence-electron chi connectivity index (χ4n) is 3.79. The highest BCUT2D eigenvalue weighted by Gasteiger charge is 2.29. The fraction of sp³-hybridized carbons (Fsp3) is 0.304. The molecule has 0 saturated carbocycles. The van der Waals surface area contributed by atoms with E-state index in [1.807, 2.05) is 12.1 Å². The summed E-state index contributed by atoms with van der Waals surface area (Å²) in [6.45, 7) is 2.06. The number of nitrogens with zero attached hydrogens (tertiary/aromatic N) is 1. The van der Waals surface area contributed by atoms with Crippen molar-refractivity contribution in [3.8, 4) is 0 Å². The second kappa shape index (κ2) is 9.05. The number of carbonyl (C=O) groups excluding carboxylic acids is 2. The number of ketones is 1. The van der Waals surface area contributed by atoms with E-state index in [2.05, 4.69) is 0 Å². The SMILES string of the molecule is Cc1c(C(=O)COC(=O)c2ccc(Cl)c(S(=O)(=O)N3CCCCC3)c2)oc2ccccc12. The first-order chi connectivity index (χ1) is 15.3. The number of aryl methyl sites for hydroxylation is 1. The Morgan fingerprint density at radius 1 is 1.09 bits per heavy atom. The van der Waals surface area contributed by atoms with Crippen LogP contribution < -0.4 is 0 Å². The molecule has 7 nitrogen and oxygen atoms in total. The highest BCUT2D eigenvalue weighted by atomic mass is 35.5. The summed E-state index contributed by atoms with van der Waals surface area (Å²) in [4.78, 5) is 25.0. The fourth-order valence-corrected chi connectivity index (χ4v) is 5.81. The van der Waals surface area contributed by atoms with Crippen molar-refractivity contribution in [2.45, 2.75) is 31.1 Å². The minimum atomic E-state index is -3.83. The number of rotatable bonds is 6. The first-order valence-electron chi connectivity index (χ1n) is 10.3. The smallest absolute Gasteiger partial charge is 0.338 e. The molecule has 2 heterocycles. The van der Waals surface area contributed by atoms with Gasteiger partial charge in [-0.15, -0.1) is 0 Å². The molecule has 0 radical (unpaired) electrons. The van der Waals surface area contributed by atoms with Crippen LogP contribution in [0, 0.1) is 6.92 Å². The first-order valence-corrected chi connectivity index (χ1v) is 12.1. The third-order valence-electron chi connectivity index (χ3n) is 5.53. The average molecular weight is 476 g/mol. The highest BCUT2D eigenvalue weighted by molar-refractivity contribution is 7.89. The van der Waals surface area contributed by atoms with Crippen LogP contribution in [0.25, 0.3) is 11.0 Å². The average Bonchev–Trinajstić information content (AvgIpc) is 3.14. The number of para-hydroxylation sites is 1. The van der Waals surface area contributed by atoms with Gasteiger partial charge in [0.15, 0.2) is 12.4 Å². The summed E-state index contributed by atoms with van der Waals surface area (Å²) in [5, 5.41) is 0.841. The van der Waals surface area contributed by atoms with Gasteiger partial charge in [0.2, 0.25) is 15.8 Å². The number of carbonyl (C=O) groups is 2. The Balaban J connectivity index is 1.50. The van der Waals surface area contributed by atoms with Crippen molar-refractivity contribution in [2.24, 2.45) is 0 Å². The summed E-state index contributed by atoms with van der Waals surface area (Å²) < 4.78 is 38.1. The maximum atomic E-state index is 13.0. The summed E-state index contributed by atoms with van der Waals surface area (Å²) in [6, 6.07) is 11.2. The molecule has 3 aromatic rings. The quantitative estimate of drug-likeness (QED) is 0.381. The van der Waals surface area contributed by atoms with E-state index >= 15 is 0 Å². The number of hydrogen-bond acceptors (Lipinski definition) is 6. The standard InChI is InChI=1S/C23H22ClNO6S/c1-15-17-7-3-4-8-20(17)31-22(15)19(26)14-30-23(27)16-9-10-18(24)21(13-16)32(28,29)25-11-5-2-6-12-25/h3-4,7-10,13H,2,5-6,11-12,14H2,1H3. The molecule has 0 amide bonds. The molecule has 0 bridgehead atoms. The van der Waals surface area contributed by atoms with Gasteiger partial charge in [-0.1, -0.05) is 36.2 Å². The molecular formula is C23H22ClNO6S. The third kappa shape index (κ3) is 4.30. The minimum Gasteiger partial charge on any atom is -0.454 e. The van der Waals surface area contributed by atoms with Gasteiger partial charge >= 0.3 is 5.97 Å². The van der Waals surface area contributed by atoms with Crippen molar-refractivity contribution in [2.75, 3.05) is 19.7 Å². The summed E-state index contributed by atoms with van der Waals surface area (Å²) in [5.74, 6) is -1.18. The molecule has 1 saturated heterocycles. The molecule has 0 unspecified atom stereocenters. The van der Waals surface area contributed by atoms with E-state index in [1.54, 1.807) is 19.1 Å². The van der Waals surface area contributed by atoms with E-state index in [1.165, 1.54) is 22.5 Å². The number of piperidine rings is 1. The first kappa shape index (κ1) is 22.5. The monoisotopic (exact) mass is 475 g/mol. The van der Waals surface area contributed by atoms with Crippen LogP contribution in [0.1, 0.15) is 45.7 Å². The Hall–Kier alpha value is -2.68. The number of furan rings is 1. The van der Waals surface area contributed by atoms with Crippen LogP contribution in [0.4, 0.5) is 0 Å². The molecule has 0 atom stereocenters. The zero-order valence-electron chi connectivity index (χ0n) is 17.5. The van der Waals surface area contributed by atoms with Crippen LogP contribution in [-0.2, 0) is 14.8 Å². The van der Waals surface area contributed by atoms with Crippen LogP contribution in [0.15, 0.2) is 51.8 Å². The van der Waals surface area contributed by atoms with Gasteiger partial charge in [-0.25, -0.2) is 13.2 Å². The Labute approximate surface area is 191 Å². The van der Waals surface area contributed by atoms with E-state index in [-0.39, 0.29) is 21.2 Å². The molecule has 2 aromatic carbocycles. The van der Waals surface area contributed by atoms with Gasteiger partial charge in [-0.2, -0.15) is 4.31 Å². The lowest BCUT2D eigenvalue weighted by atomic mass is 10.1. The number of halogens is 1. The van der Waals surface area contributed by atoms with Gasteiger partial charge in [0.05, 0.1) is 10.6 Å². The number of benzene rings is 2. The zero-order valence-corrected chi connectivity index (χ0v) is 19.0. The lowest BCUT2D eigenvalue weighted by Crippen LogP contribution is -2.35. The number of Topliss-reactive ketones (excluding diaryl/α,β-unsaturated/α-hetero) is 1. The Morgan fingerprint density at radius 2 is 1.81 bits per heavy atom. The maximum Gasteiger partial charge on any atom is 0.338 e. The van der Waals surface area contributed by atoms with Crippen molar-refractivity contribution < 1.29 is 27.2 Å². The Bertz CT molecular complexity index is 1290. The number of fused-ring (bicyclic) bond motifs is 1. The predicted molar refractivity (Wildman–Crippen MR) is 120 cm³/mol. The third-order valence-corrected chi connectivity index (χ3v) is 7.91. The van der Waals surface area contributed by atoms with E-state index in [0.717, 1.165) is 24.6 Å². The zero-order chi connectivity index (χ0) is 22.9. The summed E-state index contributed by atoms with van der Waals surface area (Å²) in [5.41, 5.74) is 1.24. The summed E-state index contributed by atoms with van der Waals surface area (Å²) in [7, 11) is -3.83. The molecule has 0 aliphatic carbocycles. The van der Waals surface area contributed by atoms with Crippen molar-refractivity contribution in [3.05, 3.63) is 64.4 Å². The second-order valence-electron chi connectivity index (χ2n) is 7.66. The number of ether oxygens (including phenoxy) is 1. The molecule has 168 valence electrons. The van der Waals surface area contributed by atoms with Crippen LogP contribution in [-0.4, -0.2) is 44.2 Å². The molecule has 0 N–H and O–H groups in total. The molecule has 1 fully saturated rings. The molecule has 9 heteroatoms. The van der Waals surface area contributed by atoms with E-state index in [9.17, 15) is 18.0 Å². The molecule has 32 heavy (non-hydrogen) atoms. The van der Waals surface area contributed by atoms with Crippen molar-refractivity contribution in [3.63, 3.8) is 0 Å². The molecule has 1 aliphatic rings. The maximum absolute atomic E-state index is 13.0. The van der Waals surface area contributed by atoms with E-state index < -0.39 is 28.4 Å². The van der Waals surface area contributed by atoms with Crippen molar-refractivity contribution in [1.29, 1.82) is 0 Å². The van der Waals surface area contributed by atoms with Gasteiger partial charge in [0, 0.05) is 24.0 Å². The Morgan fingerprint density at radius 3 is 2.53 bits per heavy atom. The number of sulfonamides is 1. The minimum absolute atomic E-state index is 0.000822. The summed E-state index contributed by atoms with van der Waals surface area (Å²) >= 11 is 6.14. The molecule has 1 aromatic heterocycles. The van der Waals surface area contributed by atoms with Crippen LogP contribution in [0.5, 0.6) is 0 Å². The topological polar surface area (TPSA) is 93.9 Å². The highest BCUT2D eigenvalue weighted by Crippen LogP contribution is 2.28. The van der Waals surface area contributed by atoms with Gasteiger partial charge in [0.1, 0.15) is 10.5 Å². The number of hydrogen-bond donors (Lipinski definition) is 0. The van der Waals surface area contributed by atoms with E-state index in [0.29, 0.717) is 24.2 Å². The molecule has 4 rings (SSSR count). The van der Waals surface area contributed by atoms with Crippen molar-refractivity contribution in [1.82, 2.24) is 4.31 Å². The van der Waals surface area contributed by atoms with Crippen molar-refractivity contribution >= 4 is 44.3 Å². The van der Waals surface area contributed by atoms with E-state index in [4.69, 9.17) is 20.8 Å². The second-order valence-corrected chi connectivity index (χ2v) is 9.98. The molecule has 1 aliphatic heterocycles. The summed E-state index contributed by atoms with van der Waals surface area (Å²) in [6.07, 6.45) is 2.54. The lowest BCUT2D eigenvalue weighted by Gasteiger charge is -2.26. The lowest BCUT2D eigenvalue weighted by molar-refractivity contribution is 0.0468. The molecule has 0 spiro atoms. The van der Waals surface area contributed by atoms with Gasteiger partial charge < -0.3 is 9.15 Å². The van der Waals surface area contributed by atoms with Gasteiger partial charge in [0.25, 0.3) is 0 Å². The largest absolute Gasteiger partial charge is 0.454 e. The van der Waals surface area contributed by atoms with Crippen LogP contribution in [0.2, 0.25) is 5.02 Å². The van der Waals surface area contributed by atoms with Gasteiger partial charge in [-0.3, -0.25) is 4.79 Å². The molecular weight excluding hydrogens is 454 g/mol. The Kier molecular flexibility index (Phi) is 6.37. The van der Waals surface area contributed by atoms with Crippen LogP contribution in [0.3, 0.4) is 0 Å².